The Kier molecular flexibility index (Phi) is 1.85. The summed E-state index contributed by atoms with van der Waals surface area (Å²) in [5.74, 6) is 0.198. The van der Waals surface area contributed by atoms with E-state index in [1.165, 1.54) is 18.2 Å². The molecule has 1 aliphatic carbocycles. The van der Waals surface area contributed by atoms with Gasteiger partial charge < -0.3 is 10.2 Å². The highest BCUT2D eigenvalue weighted by molar-refractivity contribution is 5.48. The summed E-state index contributed by atoms with van der Waals surface area (Å²) in [5.41, 5.74) is -0.00530. The van der Waals surface area contributed by atoms with E-state index in [1.54, 1.807) is 0 Å². The first-order valence-electron chi connectivity index (χ1n) is 4.62. The zero-order valence-electron chi connectivity index (χ0n) is 7.70. The summed E-state index contributed by atoms with van der Waals surface area (Å²) in [6, 6.07) is 6.56. The Morgan fingerprint density at radius 2 is 2.00 bits per heavy atom. The second-order valence-corrected chi connectivity index (χ2v) is 3.75. The van der Waals surface area contributed by atoms with Crippen molar-refractivity contribution in [1.82, 2.24) is 0 Å². The van der Waals surface area contributed by atoms with Crippen molar-refractivity contribution >= 4 is 0 Å². The maximum atomic E-state index is 9.60. The quantitative estimate of drug-likeness (QED) is 0.664. The fraction of sp³-hybridized carbons (Fsp3) is 0.364. The number of phenols is 2. The molecule has 72 valence electrons. The Hall–Kier alpha value is -1.69. The summed E-state index contributed by atoms with van der Waals surface area (Å²) in [5, 5.41) is 28.0. The first-order valence-corrected chi connectivity index (χ1v) is 4.62. The Morgan fingerprint density at radius 3 is 2.50 bits per heavy atom. The number of nitriles is 1. The average Bonchev–Trinajstić information content (AvgIpc) is 2.10. The van der Waals surface area contributed by atoms with Gasteiger partial charge in [0.1, 0.15) is 11.5 Å². The van der Waals surface area contributed by atoms with E-state index in [-0.39, 0.29) is 11.5 Å². The highest BCUT2D eigenvalue weighted by atomic mass is 16.3. The van der Waals surface area contributed by atoms with Gasteiger partial charge in [0.05, 0.1) is 11.5 Å². The van der Waals surface area contributed by atoms with Crippen molar-refractivity contribution in [3.05, 3.63) is 23.8 Å². The predicted octanol–water partition coefficient (Wildman–Crippen LogP) is 2.04. The Bertz CT molecular complexity index is 402. The lowest BCUT2D eigenvalue weighted by atomic mass is 9.65. The van der Waals surface area contributed by atoms with E-state index >= 15 is 0 Å². The topological polar surface area (TPSA) is 64.2 Å². The Morgan fingerprint density at radius 1 is 1.29 bits per heavy atom. The molecule has 2 rings (SSSR count). The van der Waals surface area contributed by atoms with Crippen molar-refractivity contribution in [2.75, 3.05) is 0 Å². The molecule has 3 heteroatoms. The van der Waals surface area contributed by atoms with E-state index in [4.69, 9.17) is 5.26 Å². The zero-order valence-corrected chi connectivity index (χ0v) is 7.70. The van der Waals surface area contributed by atoms with Gasteiger partial charge >= 0.3 is 0 Å². The van der Waals surface area contributed by atoms with Crippen LogP contribution in [0, 0.1) is 11.3 Å². The van der Waals surface area contributed by atoms with E-state index in [0.717, 1.165) is 19.3 Å². The van der Waals surface area contributed by atoms with Crippen LogP contribution in [0.4, 0.5) is 0 Å². The number of hydrogen-bond acceptors (Lipinski definition) is 3. The van der Waals surface area contributed by atoms with Crippen LogP contribution >= 0.6 is 0 Å². The lowest BCUT2D eigenvalue weighted by Crippen LogP contribution is -2.32. The van der Waals surface area contributed by atoms with Gasteiger partial charge in [0.25, 0.3) is 0 Å². The summed E-state index contributed by atoms with van der Waals surface area (Å²) in [6.45, 7) is 0. The smallest absolute Gasteiger partial charge is 0.120 e. The van der Waals surface area contributed by atoms with E-state index < -0.39 is 5.41 Å². The molecule has 0 aromatic heterocycles. The lowest BCUT2D eigenvalue weighted by Gasteiger charge is -2.35. The third kappa shape index (κ3) is 1.12. The van der Waals surface area contributed by atoms with Gasteiger partial charge in [0.15, 0.2) is 0 Å². The molecule has 0 amide bonds. The normalized spacial score (nSPS) is 18.2. The summed E-state index contributed by atoms with van der Waals surface area (Å²) < 4.78 is 0. The maximum absolute atomic E-state index is 9.60. The first-order chi connectivity index (χ1) is 6.68. The van der Waals surface area contributed by atoms with E-state index in [2.05, 4.69) is 6.07 Å². The number of aromatic hydroxyl groups is 2. The zero-order chi connectivity index (χ0) is 10.2. The fourth-order valence-electron chi connectivity index (χ4n) is 1.88. The van der Waals surface area contributed by atoms with Gasteiger partial charge in [-0.1, -0.05) is 0 Å². The minimum Gasteiger partial charge on any atom is -0.508 e. The summed E-state index contributed by atoms with van der Waals surface area (Å²) in [4.78, 5) is 0. The van der Waals surface area contributed by atoms with Crippen LogP contribution in [0.15, 0.2) is 18.2 Å². The first kappa shape index (κ1) is 8.89. The molecule has 0 radical (unpaired) electrons. The molecule has 3 nitrogen and oxygen atoms in total. The van der Waals surface area contributed by atoms with E-state index in [0.29, 0.717) is 5.56 Å². The largest absolute Gasteiger partial charge is 0.508 e. The van der Waals surface area contributed by atoms with Crippen LogP contribution in [0.3, 0.4) is 0 Å². The number of benzene rings is 1. The van der Waals surface area contributed by atoms with Crippen molar-refractivity contribution in [2.24, 2.45) is 0 Å². The van der Waals surface area contributed by atoms with Crippen LogP contribution in [0.1, 0.15) is 24.8 Å². The Balaban J connectivity index is 2.50. The third-order valence-corrected chi connectivity index (χ3v) is 2.92. The predicted molar refractivity (Wildman–Crippen MR) is 50.9 cm³/mol. The van der Waals surface area contributed by atoms with Crippen LogP contribution in [0.25, 0.3) is 0 Å². The second-order valence-electron chi connectivity index (χ2n) is 3.75. The van der Waals surface area contributed by atoms with Gasteiger partial charge in [-0.3, -0.25) is 0 Å². The molecule has 0 bridgehead atoms. The molecule has 2 N–H and O–H groups in total. The molecule has 1 aliphatic rings. The SMILES string of the molecule is N#CC1(c2cc(O)ccc2O)CCC1. The monoisotopic (exact) mass is 189 g/mol. The van der Waals surface area contributed by atoms with Crippen molar-refractivity contribution in [3.8, 4) is 17.6 Å². The molecule has 1 saturated carbocycles. The van der Waals surface area contributed by atoms with Crippen molar-refractivity contribution in [3.63, 3.8) is 0 Å². The highest BCUT2D eigenvalue weighted by Gasteiger charge is 2.41. The molecule has 0 heterocycles. The number of hydrogen-bond donors (Lipinski definition) is 2. The summed E-state index contributed by atoms with van der Waals surface area (Å²) in [6.07, 6.45) is 2.53. The molecule has 0 spiro atoms. The minimum absolute atomic E-state index is 0.0966. The molecule has 1 aromatic carbocycles. The van der Waals surface area contributed by atoms with Gasteiger partial charge in [0.2, 0.25) is 0 Å². The van der Waals surface area contributed by atoms with E-state index in [1.807, 2.05) is 0 Å². The van der Waals surface area contributed by atoms with Crippen LogP contribution in [-0.4, -0.2) is 10.2 Å². The molecule has 0 unspecified atom stereocenters. The molecule has 1 fully saturated rings. The van der Waals surface area contributed by atoms with E-state index in [9.17, 15) is 10.2 Å². The number of phenolic OH excluding ortho intramolecular Hbond substituents is 2. The maximum Gasteiger partial charge on any atom is 0.120 e. The van der Waals surface area contributed by atoms with Crippen molar-refractivity contribution in [1.29, 1.82) is 5.26 Å². The molecule has 0 aliphatic heterocycles. The highest BCUT2D eigenvalue weighted by Crippen LogP contribution is 2.47. The molecule has 14 heavy (non-hydrogen) atoms. The van der Waals surface area contributed by atoms with Gasteiger partial charge in [-0.15, -0.1) is 0 Å². The van der Waals surface area contributed by atoms with Crippen LogP contribution in [0.5, 0.6) is 11.5 Å². The fourth-order valence-corrected chi connectivity index (χ4v) is 1.88. The average molecular weight is 189 g/mol. The van der Waals surface area contributed by atoms with Gasteiger partial charge in [-0.25, -0.2) is 0 Å². The minimum atomic E-state index is -0.567. The second kappa shape index (κ2) is 2.91. The standard InChI is InChI=1S/C11H11NO2/c12-7-11(4-1-5-11)9-6-8(13)2-3-10(9)14/h2-3,6,13-14H,1,4-5H2. The molecule has 1 aromatic rings. The summed E-state index contributed by atoms with van der Waals surface area (Å²) in [7, 11) is 0. The van der Waals surface area contributed by atoms with Crippen LogP contribution in [0.2, 0.25) is 0 Å². The number of rotatable bonds is 1. The van der Waals surface area contributed by atoms with Crippen molar-refractivity contribution < 1.29 is 10.2 Å². The number of nitrogens with zero attached hydrogens (tertiary/aromatic N) is 1. The van der Waals surface area contributed by atoms with Crippen LogP contribution in [-0.2, 0) is 5.41 Å². The molecular weight excluding hydrogens is 178 g/mol. The van der Waals surface area contributed by atoms with Crippen LogP contribution < -0.4 is 0 Å². The van der Waals surface area contributed by atoms with Gasteiger partial charge in [0, 0.05) is 5.56 Å². The Labute approximate surface area is 82.2 Å². The lowest BCUT2D eigenvalue weighted by molar-refractivity contribution is 0.310. The summed E-state index contributed by atoms with van der Waals surface area (Å²) >= 11 is 0. The van der Waals surface area contributed by atoms with Gasteiger partial charge in [-0.05, 0) is 37.5 Å². The van der Waals surface area contributed by atoms with Crippen molar-refractivity contribution in [2.45, 2.75) is 24.7 Å². The molecule has 0 saturated heterocycles. The molecule has 0 atom stereocenters. The third-order valence-electron chi connectivity index (χ3n) is 2.92. The van der Waals surface area contributed by atoms with Gasteiger partial charge in [-0.2, -0.15) is 5.26 Å². The molecular formula is C11H11NO2.